The number of halogens is 1. The third-order valence-electron chi connectivity index (χ3n) is 3.49. The highest BCUT2D eigenvalue weighted by Gasteiger charge is 2.06. The van der Waals surface area contributed by atoms with Crippen LogP contribution in [0.1, 0.15) is 10.4 Å². The molecule has 0 aliphatic carbocycles. The van der Waals surface area contributed by atoms with E-state index in [-0.39, 0.29) is 11.6 Å². The maximum Gasteiger partial charge on any atom is 0.152 e. The summed E-state index contributed by atoms with van der Waals surface area (Å²) >= 11 is 0. The Bertz CT molecular complexity index is 863. The first kappa shape index (κ1) is 15.6. The van der Waals surface area contributed by atoms with Crippen molar-refractivity contribution in [1.29, 1.82) is 0 Å². The van der Waals surface area contributed by atoms with Crippen LogP contribution in [0.2, 0.25) is 0 Å². The molecule has 3 aromatic carbocycles. The smallest absolute Gasteiger partial charge is 0.152 e. The first-order chi connectivity index (χ1) is 11.7. The van der Waals surface area contributed by atoms with Gasteiger partial charge in [-0.15, -0.1) is 0 Å². The van der Waals surface area contributed by atoms with Crippen molar-refractivity contribution in [3.8, 4) is 5.75 Å². The van der Waals surface area contributed by atoms with Crippen LogP contribution in [0.25, 0.3) is 0 Å². The van der Waals surface area contributed by atoms with Gasteiger partial charge in [0.2, 0.25) is 0 Å². The molecule has 0 unspecified atom stereocenters. The van der Waals surface area contributed by atoms with Gasteiger partial charge in [0.05, 0.1) is 11.4 Å². The van der Waals surface area contributed by atoms with Crippen LogP contribution in [0.15, 0.2) is 66.7 Å². The number of nitrogens with one attached hydrogen (secondary N) is 2. The standard InChI is InChI=1S/C19H15FN2O2/c20-14-6-9-15(10-7-14)21-18-11-16(8-5-13(18)12-23)22-17-3-1-2-4-19(17)24/h1-12,21-22,24H. The van der Waals surface area contributed by atoms with Gasteiger partial charge in [0.15, 0.2) is 6.29 Å². The molecule has 0 aliphatic heterocycles. The Balaban J connectivity index is 1.89. The molecule has 0 saturated heterocycles. The molecule has 0 atom stereocenters. The predicted molar refractivity (Wildman–Crippen MR) is 92.9 cm³/mol. The zero-order chi connectivity index (χ0) is 16.9. The lowest BCUT2D eigenvalue weighted by molar-refractivity contribution is 0.112. The second-order valence-corrected chi connectivity index (χ2v) is 5.19. The first-order valence-corrected chi connectivity index (χ1v) is 7.32. The number of phenols is 1. The maximum atomic E-state index is 13.0. The minimum atomic E-state index is -0.328. The Hall–Kier alpha value is -3.34. The van der Waals surface area contributed by atoms with Crippen LogP contribution in [-0.4, -0.2) is 11.4 Å². The van der Waals surface area contributed by atoms with Gasteiger partial charge in [-0.1, -0.05) is 12.1 Å². The Kier molecular flexibility index (Phi) is 4.43. The third-order valence-corrected chi connectivity index (χ3v) is 3.49. The normalized spacial score (nSPS) is 10.2. The van der Waals surface area contributed by atoms with Crippen molar-refractivity contribution in [2.75, 3.05) is 10.6 Å². The minimum Gasteiger partial charge on any atom is -0.506 e. The average Bonchev–Trinajstić information content (AvgIpc) is 2.59. The van der Waals surface area contributed by atoms with Crippen molar-refractivity contribution >= 4 is 29.0 Å². The molecule has 4 nitrogen and oxygen atoms in total. The molecule has 0 aliphatic rings. The van der Waals surface area contributed by atoms with Gasteiger partial charge in [-0.3, -0.25) is 4.79 Å². The number of benzene rings is 3. The third kappa shape index (κ3) is 3.52. The van der Waals surface area contributed by atoms with Gasteiger partial charge in [0, 0.05) is 16.9 Å². The molecular weight excluding hydrogens is 307 g/mol. The van der Waals surface area contributed by atoms with E-state index in [9.17, 15) is 14.3 Å². The highest BCUT2D eigenvalue weighted by atomic mass is 19.1. The fourth-order valence-corrected chi connectivity index (χ4v) is 2.27. The summed E-state index contributed by atoms with van der Waals surface area (Å²) in [7, 11) is 0. The van der Waals surface area contributed by atoms with Crippen LogP contribution in [0.4, 0.5) is 27.1 Å². The second kappa shape index (κ2) is 6.83. The van der Waals surface area contributed by atoms with Crippen molar-refractivity contribution in [3.05, 3.63) is 78.1 Å². The van der Waals surface area contributed by atoms with Crippen molar-refractivity contribution in [2.24, 2.45) is 0 Å². The lowest BCUT2D eigenvalue weighted by atomic mass is 10.1. The molecule has 0 fully saturated rings. The van der Waals surface area contributed by atoms with Crippen LogP contribution in [0, 0.1) is 5.82 Å². The largest absolute Gasteiger partial charge is 0.506 e. The zero-order valence-corrected chi connectivity index (χ0v) is 12.7. The van der Waals surface area contributed by atoms with E-state index < -0.39 is 0 Å². The summed E-state index contributed by atoms with van der Waals surface area (Å²) in [6, 6.07) is 17.9. The highest BCUT2D eigenvalue weighted by molar-refractivity contribution is 5.88. The summed E-state index contributed by atoms with van der Waals surface area (Å²) in [4.78, 5) is 11.2. The van der Waals surface area contributed by atoms with Crippen LogP contribution >= 0.6 is 0 Å². The van der Waals surface area contributed by atoms with Crippen molar-refractivity contribution in [2.45, 2.75) is 0 Å². The summed E-state index contributed by atoms with van der Waals surface area (Å²) in [6.45, 7) is 0. The fraction of sp³-hybridized carbons (Fsp3) is 0. The summed E-state index contributed by atoms with van der Waals surface area (Å²) in [6.07, 6.45) is 0.746. The van der Waals surface area contributed by atoms with E-state index in [1.54, 1.807) is 54.6 Å². The Morgan fingerprint density at radius 3 is 2.21 bits per heavy atom. The number of hydrogen-bond donors (Lipinski definition) is 3. The van der Waals surface area contributed by atoms with Crippen molar-refractivity contribution in [1.82, 2.24) is 0 Å². The maximum absolute atomic E-state index is 13.0. The SMILES string of the molecule is O=Cc1ccc(Nc2ccccc2O)cc1Nc1ccc(F)cc1. The molecule has 0 radical (unpaired) electrons. The number of para-hydroxylation sites is 2. The summed E-state index contributed by atoms with van der Waals surface area (Å²) < 4.78 is 13.0. The van der Waals surface area contributed by atoms with E-state index in [1.165, 1.54) is 12.1 Å². The molecule has 3 N–H and O–H groups in total. The topological polar surface area (TPSA) is 61.4 Å². The lowest BCUT2D eigenvalue weighted by Gasteiger charge is -2.13. The average molecular weight is 322 g/mol. The second-order valence-electron chi connectivity index (χ2n) is 5.19. The van der Waals surface area contributed by atoms with Crippen LogP contribution in [0.3, 0.4) is 0 Å². The predicted octanol–water partition coefficient (Wildman–Crippen LogP) is 4.83. The molecule has 3 rings (SSSR count). The number of anilines is 4. The molecule has 0 bridgehead atoms. The molecule has 0 aromatic heterocycles. The van der Waals surface area contributed by atoms with Crippen molar-refractivity contribution < 1.29 is 14.3 Å². The van der Waals surface area contributed by atoms with E-state index >= 15 is 0 Å². The molecular formula is C19H15FN2O2. The summed E-state index contributed by atoms with van der Waals surface area (Å²) in [5, 5.41) is 16.0. The molecule has 0 spiro atoms. The molecule has 3 aromatic rings. The van der Waals surface area contributed by atoms with E-state index in [4.69, 9.17) is 0 Å². The summed E-state index contributed by atoms with van der Waals surface area (Å²) in [5.41, 5.74) is 2.98. The molecule has 5 heteroatoms. The van der Waals surface area contributed by atoms with Crippen molar-refractivity contribution in [3.63, 3.8) is 0 Å². The van der Waals surface area contributed by atoms with Gasteiger partial charge >= 0.3 is 0 Å². The van der Waals surface area contributed by atoms with Crippen LogP contribution in [-0.2, 0) is 0 Å². The Morgan fingerprint density at radius 1 is 0.833 bits per heavy atom. The van der Waals surface area contributed by atoms with Gasteiger partial charge in [-0.2, -0.15) is 0 Å². The molecule has 0 heterocycles. The van der Waals surface area contributed by atoms with Gasteiger partial charge in [-0.25, -0.2) is 4.39 Å². The van der Waals surface area contributed by atoms with Gasteiger partial charge < -0.3 is 15.7 Å². The lowest BCUT2D eigenvalue weighted by Crippen LogP contribution is -1.98. The zero-order valence-electron chi connectivity index (χ0n) is 12.7. The van der Waals surface area contributed by atoms with Crippen LogP contribution < -0.4 is 10.6 Å². The monoisotopic (exact) mass is 322 g/mol. The van der Waals surface area contributed by atoms with E-state index in [0.717, 1.165) is 6.29 Å². The van der Waals surface area contributed by atoms with Gasteiger partial charge in [0.1, 0.15) is 11.6 Å². The Labute approximate surface area is 138 Å². The molecule has 0 amide bonds. The number of hydrogen-bond acceptors (Lipinski definition) is 4. The van der Waals surface area contributed by atoms with E-state index in [1.807, 2.05) is 0 Å². The van der Waals surface area contributed by atoms with Crippen LogP contribution in [0.5, 0.6) is 5.75 Å². The van der Waals surface area contributed by atoms with E-state index in [0.29, 0.717) is 28.3 Å². The number of phenolic OH excluding ortho intramolecular Hbond substituents is 1. The highest BCUT2D eigenvalue weighted by Crippen LogP contribution is 2.29. The Morgan fingerprint density at radius 2 is 1.50 bits per heavy atom. The number of carbonyl (C=O) groups excluding carboxylic acids is 1. The first-order valence-electron chi connectivity index (χ1n) is 7.32. The molecule has 120 valence electrons. The van der Waals surface area contributed by atoms with E-state index in [2.05, 4.69) is 10.6 Å². The number of aldehydes is 1. The van der Waals surface area contributed by atoms with Gasteiger partial charge in [-0.05, 0) is 54.6 Å². The summed E-state index contributed by atoms with van der Waals surface area (Å²) in [5.74, 6) is -0.198. The molecule has 24 heavy (non-hydrogen) atoms. The number of aromatic hydroxyl groups is 1. The quantitative estimate of drug-likeness (QED) is 0.465. The number of carbonyl (C=O) groups is 1. The number of rotatable bonds is 5. The van der Waals surface area contributed by atoms with Gasteiger partial charge in [0.25, 0.3) is 0 Å². The minimum absolute atomic E-state index is 0.130. The fourth-order valence-electron chi connectivity index (χ4n) is 2.27. The molecule has 0 saturated carbocycles.